The first-order valence-electron chi connectivity index (χ1n) is 6.65. The summed E-state index contributed by atoms with van der Waals surface area (Å²) in [6, 6.07) is 0.783. The van der Waals surface area contributed by atoms with Crippen LogP contribution < -0.4 is 5.32 Å². The molecule has 1 unspecified atom stereocenters. The smallest absolute Gasteiger partial charge is 0.00670 e. The van der Waals surface area contributed by atoms with Crippen LogP contribution in [0, 0.1) is 5.92 Å². The fourth-order valence-corrected chi connectivity index (χ4v) is 2.25. The van der Waals surface area contributed by atoms with E-state index in [4.69, 9.17) is 0 Å². The van der Waals surface area contributed by atoms with Crippen LogP contribution in [0.2, 0.25) is 0 Å². The number of hydrogen-bond donors (Lipinski definition) is 1. The van der Waals surface area contributed by atoms with E-state index in [1.807, 2.05) is 0 Å². The molecule has 1 saturated heterocycles. The number of nitrogens with zero attached hydrogens (tertiary/aromatic N) is 1. The van der Waals surface area contributed by atoms with E-state index in [0.29, 0.717) is 0 Å². The molecule has 0 aromatic heterocycles. The van der Waals surface area contributed by atoms with Gasteiger partial charge in [-0.05, 0) is 64.7 Å². The molecule has 0 bridgehead atoms. The largest absolute Gasteiger partial charge is 0.317 e. The Morgan fingerprint density at radius 1 is 1.00 bits per heavy atom. The molecule has 1 aliphatic rings. The summed E-state index contributed by atoms with van der Waals surface area (Å²) in [6.45, 7) is 12.0. The zero-order valence-corrected chi connectivity index (χ0v) is 10.8. The third kappa shape index (κ3) is 5.53. The van der Waals surface area contributed by atoms with Gasteiger partial charge >= 0.3 is 0 Å². The molecule has 0 amide bonds. The van der Waals surface area contributed by atoms with E-state index in [1.54, 1.807) is 0 Å². The standard InChI is InChI=1S/C13H28N2/c1-12(2)6-7-13(3)15-10-4-8-14-9-5-11-15/h12-14H,4-11H2,1-3H3. The lowest BCUT2D eigenvalue weighted by Gasteiger charge is -2.31. The maximum Gasteiger partial charge on any atom is 0.00670 e. The first-order chi connectivity index (χ1) is 7.20. The fourth-order valence-electron chi connectivity index (χ4n) is 2.25. The van der Waals surface area contributed by atoms with Gasteiger partial charge in [-0.15, -0.1) is 0 Å². The Balaban J connectivity index is 2.25. The third-order valence-corrected chi connectivity index (χ3v) is 3.38. The first-order valence-corrected chi connectivity index (χ1v) is 6.65. The molecule has 0 aliphatic carbocycles. The van der Waals surface area contributed by atoms with Crippen LogP contribution in [-0.2, 0) is 0 Å². The Hall–Kier alpha value is -0.0800. The van der Waals surface area contributed by atoms with Gasteiger partial charge in [0.25, 0.3) is 0 Å². The SMILES string of the molecule is CC(C)CCC(C)N1CCCNCCC1. The number of hydrogen-bond acceptors (Lipinski definition) is 2. The summed E-state index contributed by atoms with van der Waals surface area (Å²) in [4.78, 5) is 2.68. The second-order valence-electron chi connectivity index (χ2n) is 5.31. The average molecular weight is 212 g/mol. The van der Waals surface area contributed by atoms with Crippen LogP contribution >= 0.6 is 0 Å². The third-order valence-electron chi connectivity index (χ3n) is 3.38. The molecule has 1 aliphatic heterocycles. The topological polar surface area (TPSA) is 15.3 Å². The summed E-state index contributed by atoms with van der Waals surface area (Å²) >= 11 is 0. The van der Waals surface area contributed by atoms with Gasteiger partial charge in [0.2, 0.25) is 0 Å². The van der Waals surface area contributed by atoms with Gasteiger partial charge in [0.05, 0.1) is 0 Å². The van der Waals surface area contributed by atoms with Crippen molar-refractivity contribution in [3.05, 3.63) is 0 Å². The van der Waals surface area contributed by atoms with E-state index < -0.39 is 0 Å². The molecule has 1 rings (SSSR count). The summed E-state index contributed by atoms with van der Waals surface area (Å²) in [5.74, 6) is 0.851. The van der Waals surface area contributed by atoms with Crippen molar-refractivity contribution in [1.82, 2.24) is 10.2 Å². The summed E-state index contributed by atoms with van der Waals surface area (Å²) in [5.41, 5.74) is 0. The van der Waals surface area contributed by atoms with Crippen LogP contribution in [0.3, 0.4) is 0 Å². The Bertz CT molecular complexity index is 149. The molecule has 0 spiro atoms. The van der Waals surface area contributed by atoms with Crippen LogP contribution in [-0.4, -0.2) is 37.1 Å². The van der Waals surface area contributed by atoms with Crippen molar-refractivity contribution in [2.24, 2.45) is 5.92 Å². The molecule has 1 atom stereocenters. The minimum atomic E-state index is 0.783. The predicted molar refractivity (Wildman–Crippen MR) is 67.2 cm³/mol. The molecule has 0 aromatic carbocycles. The summed E-state index contributed by atoms with van der Waals surface area (Å²) in [5, 5.41) is 3.47. The lowest BCUT2D eigenvalue weighted by atomic mass is 10.0. The van der Waals surface area contributed by atoms with Gasteiger partial charge in [0, 0.05) is 6.04 Å². The predicted octanol–water partition coefficient (Wildman–Crippen LogP) is 2.50. The van der Waals surface area contributed by atoms with Gasteiger partial charge in [0.1, 0.15) is 0 Å². The van der Waals surface area contributed by atoms with E-state index in [2.05, 4.69) is 31.0 Å². The van der Waals surface area contributed by atoms with Gasteiger partial charge in [-0.2, -0.15) is 0 Å². The molecular formula is C13H28N2. The van der Waals surface area contributed by atoms with Crippen molar-refractivity contribution in [3.8, 4) is 0 Å². The van der Waals surface area contributed by atoms with Crippen molar-refractivity contribution < 1.29 is 0 Å². The molecule has 0 radical (unpaired) electrons. The second-order valence-corrected chi connectivity index (χ2v) is 5.31. The molecule has 2 heteroatoms. The van der Waals surface area contributed by atoms with Gasteiger partial charge < -0.3 is 10.2 Å². The van der Waals surface area contributed by atoms with Gasteiger partial charge in [0.15, 0.2) is 0 Å². The molecule has 1 N–H and O–H groups in total. The van der Waals surface area contributed by atoms with Gasteiger partial charge in [-0.25, -0.2) is 0 Å². The maximum absolute atomic E-state index is 3.47. The van der Waals surface area contributed by atoms with Crippen LogP contribution in [0.4, 0.5) is 0 Å². The number of rotatable bonds is 4. The average Bonchev–Trinajstić information content (AvgIpc) is 2.13. The van der Waals surface area contributed by atoms with E-state index in [1.165, 1.54) is 51.9 Å². The minimum Gasteiger partial charge on any atom is -0.317 e. The van der Waals surface area contributed by atoms with Crippen LogP contribution in [0.5, 0.6) is 0 Å². The molecular weight excluding hydrogens is 184 g/mol. The van der Waals surface area contributed by atoms with Crippen LogP contribution in [0.15, 0.2) is 0 Å². The summed E-state index contributed by atoms with van der Waals surface area (Å²) in [7, 11) is 0. The van der Waals surface area contributed by atoms with Crippen molar-refractivity contribution >= 4 is 0 Å². The van der Waals surface area contributed by atoms with Gasteiger partial charge in [-0.3, -0.25) is 0 Å². The van der Waals surface area contributed by atoms with E-state index in [-0.39, 0.29) is 0 Å². The molecule has 90 valence electrons. The monoisotopic (exact) mass is 212 g/mol. The summed E-state index contributed by atoms with van der Waals surface area (Å²) in [6.07, 6.45) is 5.36. The lowest BCUT2D eigenvalue weighted by molar-refractivity contribution is 0.180. The Kier molecular flexibility index (Phi) is 6.26. The highest BCUT2D eigenvalue weighted by molar-refractivity contribution is 4.71. The van der Waals surface area contributed by atoms with E-state index >= 15 is 0 Å². The lowest BCUT2D eigenvalue weighted by Crippen LogP contribution is -2.39. The molecule has 0 aromatic rings. The van der Waals surface area contributed by atoms with Gasteiger partial charge in [-0.1, -0.05) is 13.8 Å². The maximum atomic E-state index is 3.47. The molecule has 15 heavy (non-hydrogen) atoms. The van der Waals surface area contributed by atoms with Crippen LogP contribution in [0.25, 0.3) is 0 Å². The van der Waals surface area contributed by atoms with E-state index in [0.717, 1.165) is 12.0 Å². The van der Waals surface area contributed by atoms with Crippen molar-refractivity contribution in [3.63, 3.8) is 0 Å². The second kappa shape index (κ2) is 7.24. The van der Waals surface area contributed by atoms with Crippen LogP contribution in [0.1, 0.15) is 46.5 Å². The Morgan fingerprint density at radius 3 is 2.13 bits per heavy atom. The zero-order chi connectivity index (χ0) is 11.1. The molecule has 0 saturated carbocycles. The minimum absolute atomic E-state index is 0.783. The van der Waals surface area contributed by atoms with Crippen molar-refractivity contribution in [1.29, 1.82) is 0 Å². The van der Waals surface area contributed by atoms with Crippen molar-refractivity contribution in [2.45, 2.75) is 52.5 Å². The molecule has 1 heterocycles. The van der Waals surface area contributed by atoms with E-state index in [9.17, 15) is 0 Å². The zero-order valence-electron chi connectivity index (χ0n) is 10.8. The fraction of sp³-hybridized carbons (Fsp3) is 1.00. The summed E-state index contributed by atoms with van der Waals surface area (Å²) < 4.78 is 0. The Morgan fingerprint density at radius 2 is 1.60 bits per heavy atom. The normalized spacial score (nSPS) is 22.4. The quantitative estimate of drug-likeness (QED) is 0.770. The molecule has 1 fully saturated rings. The Labute approximate surface area is 95.4 Å². The highest BCUT2D eigenvalue weighted by Gasteiger charge is 2.14. The van der Waals surface area contributed by atoms with Crippen molar-refractivity contribution in [2.75, 3.05) is 26.2 Å². The highest BCUT2D eigenvalue weighted by Crippen LogP contribution is 2.13. The number of nitrogens with one attached hydrogen (secondary N) is 1. The highest BCUT2D eigenvalue weighted by atomic mass is 15.2. The first kappa shape index (κ1) is 13.0. The molecule has 2 nitrogen and oxygen atoms in total.